The zero-order chi connectivity index (χ0) is 11.3. The monoisotopic (exact) mass is 209 g/mol. The van der Waals surface area contributed by atoms with Crippen LogP contribution in [-0.4, -0.2) is 24.0 Å². The summed E-state index contributed by atoms with van der Waals surface area (Å²) in [7, 11) is 0. The molecule has 0 saturated heterocycles. The second-order valence-corrected chi connectivity index (χ2v) is 4.32. The molecule has 0 bridgehead atoms. The van der Waals surface area contributed by atoms with E-state index in [1.54, 1.807) is 0 Å². The van der Waals surface area contributed by atoms with Gasteiger partial charge in [-0.05, 0) is 19.1 Å². The van der Waals surface area contributed by atoms with Gasteiger partial charge in [-0.3, -0.25) is 4.79 Å². The first-order valence-electron chi connectivity index (χ1n) is 5.29. The Hall–Kier alpha value is -1.09. The highest BCUT2D eigenvalue weighted by molar-refractivity contribution is 5.85. The molecule has 1 N–H and O–H groups in total. The fourth-order valence-electron chi connectivity index (χ4n) is 1.33. The second-order valence-electron chi connectivity index (χ2n) is 4.32. The maximum atomic E-state index is 11.9. The van der Waals surface area contributed by atoms with Gasteiger partial charge >= 0.3 is 0 Å². The smallest absolute Gasteiger partial charge is 0.146 e. The molecule has 0 aliphatic carbocycles. The molecular weight excluding hydrogens is 190 g/mol. The van der Waals surface area contributed by atoms with Gasteiger partial charge in [0.2, 0.25) is 0 Å². The number of ether oxygens (including phenoxy) is 1. The fourth-order valence-corrected chi connectivity index (χ4v) is 1.33. The maximum absolute atomic E-state index is 11.9. The Labute approximate surface area is 90.8 Å². The number of carbonyl (C=O) groups excluding carboxylic acids is 1. The van der Waals surface area contributed by atoms with Gasteiger partial charge in [0, 0.05) is 30.3 Å². The van der Waals surface area contributed by atoms with Crippen LogP contribution in [0.4, 0.5) is 0 Å². The lowest BCUT2D eigenvalue weighted by Gasteiger charge is -2.22. The van der Waals surface area contributed by atoms with Crippen LogP contribution < -0.4 is 0 Å². The van der Waals surface area contributed by atoms with E-state index < -0.39 is 5.41 Å². The van der Waals surface area contributed by atoms with Gasteiger partial charge < -0.3 is 9.72 Å². The summed E-state index contributed by atoms with van der Waals surface area (Å²) in [4.78, 5) is 15.0. The number of ketones is 1. The van der Waals surface area contributed by atoms with Crippen LogP contribution in [-0.2, 0) is 16.0 Å². The molecule has 1 rings (SSSR count). The molecule has 0 unspecified atom stereocenters. The minimum atomic E-state index is -0.402. The van der Waals surface area contributed by atoms with Gasteiger partial charge in [0.15, 0.2) is 0 Å². The molecular formula is C12H19NO2. The highest BCUT2D eigenvalue weighted by Crippen LogP contribution is 2.19. The molecule has 1 aromatic heterocycles. The minimum Gasteiger partial charge on any atom is -0.381 e. The van der Waals surface area contributed by atoms with Crippen LogP contribution in [0.2, 0.25) is 0 Å². The van der Waals surface area contributed by atoms with E-state index in [1.807, 2.05) is 39.1 Å². The van der Waals surface area contributed by atoms with Crippen molar-refractivity contribution in [3.8, 4) is 0 Å². The van der Waals surface area contributed by atoms with Crippen molar-refractivity contribution < 1.29 is 9.53 Å². The number of Topliss-reactive ketones (excluding diaryl/α,β-unsaturated/α-hetero) is 1. The van der Waals surface area contributed by atoms with Gasteiger partial charge in [0.25, 0.3) is 0 Å². The second kappa shape index (κ2) is 5.12. The predicted molar refractivity (Wildman–Crippen MR) is 59.8 cm³/mol. The lowest BCUT2D eigenvalue weighted by Crippen LogP contribution is -2.31. The minimum absolute atomic E-state index is 0.207. The largest absolute Gasteiger partial charge is 0.381 e. The van der Waals surface area contributed by atoms with E-state index in [2.05, 4.69) is 4.98 Å². The highest BCUT2D eigenvalue weighted by atomic mass is 16.5. The number of H-pyrrole nitrogens is 1. The Bertz CT molecular complexity index is 301. The lowest BCUT2D eigenvalue weighted by molar-refractivity contribution is -0.129. The van der Waals surface area contributed by atoms with Crippen LogP contribution in [0.5, 0.6) is 0 Å². The van der Waals surface area contributed by atoms with Crippen LogP contribution in [0.3, 0.4) is 0 Å². The summed E-state index contributed by atoms with van der Waals surface area (Å²) in [5, 5.41) is 0. The zero-order valence-corrected chi connectivity index (χ0v) is 9.67. The van der Waals surface area contributed by atoms with E-state index in [1.165, 1.54) is 0 Å². The van der Waals surface area contributed by atoms with Crippen LogP contribution >= 0.6 is 0 Å². The SMILES string of the molecule is CCOCC(C)(C)C(=O)Cc1ccc[nH]1. The number of nitrogens with one attached hydrogen (secondary N) is 1. The number of hydrogen-bond donors (Lipinski definition) is 1. The normalized spacial score (nSPS) is 11.7. The number of aromatic nitrogens is 1. The molecule has 84 valence electrons. The molecule has 0 amide bonds. The van der Waals surface area contributed by atoms with Gasteiger partial charge in [-0.1, -0.05) is 13.8 Å². The first kappa shape index (κ1) is 12.0. The molecule has 0 spiro atoms. The summed E-state index contributed by atoms with van der Waals surface area (Å²) in [5.41, 5.74) is 0.561. The molecule has 3 nitrogen and oxygen atoms in total. The number of rotatable bonds is 6. The van der Waals surface area contributed by atoms with Crippen molar-refractivity contribution in [2.75, 3.05) is 13.2 Å². The van der Waals surface area contributed by atoms with E-state index in [4.69, 9.17) is 4.74 Å². The third-order valence-electron chi connectivity index (χ3n) is 2.44. The third-order valence-corrected chi connectivity index (χ3v) is 2.44. The van der Waals surface area contributed by atoms with Crippen molar-refractivity contribution in [2.45, 2.75) is 27.2 Å². The van der Waals surface area contributed by atoms with Crippen molar-refractivity contribution in [1.82, 2.24) is 4.98 Å². The first-order valence-corrected chi connectivity index (χ1v) is 5.29. The van der Waals surface area contributed by atoms with Crippen molar-refractivity contribution in [2.24, 2.45) is 5.41 Å². The van der Waals surface area contributed by atoms with Crippen molar-refractivity contribution in [3.63, 3.8) is 0 Å². The first-order chi connectivity index (χ1) is 7.06. The van der Waals surface area contributed by atoms with Gasteiger partial charge in [-0.2, -0.15) is 0 Å². The van der Waals surface area contributed by atoms with Crippen molar-refractivity contribution in [1.29, 1.82) is 0 Å². The average molecular weight is 209 g/mol. The summed E-state index contributed by atoms with van der Waals surface area (Å²) >= 11 is 0. The standard InChI is InChI=1S/C12H19NO2/c1-4-15-9-12(2,3)11(14)8-10-6-5-7-13-10/h5-7,13H,4,8-9H2,1-3H3. The highest BCUT2D eigenvalue weighted by Gasteiger charge is 2.27. The predicted octanol–water partition coefficient (Wildman–Crippen LogP) is 2.19. The summed E-state index contributed by atoms with van der Waals surface area (Å²) in [6, 6.07) is 3.83. The summed E-state index contributed by atoms with van der Waals surface area (Å²) in [6.07, 6.45) is 2.28. The lowest BCUT2D eigenvalue weighted by atomic mass is 9.86. The number of carbonyl (C=O) groups is 1. The number of aromatic amines is 1. The average Bonchev–Trinajstić information content (AvgIpc) is 2.67. The zero-order valence-electron chi connectivity index (χ0n) is 9.67. The summed E-state index contributed by atoms with van der Waals surface area (Å²) in [6.45, 7) is 6.93. The Balaban J connectivity index is 2.52. The molecule has 15 heavy (non-hydrogen) atoms. The molecule has 0 saturated carbocycles. The van der Waals surface area contributed by atoms with Gasteiger partial charge in [-0.25, -0.2) is 0 Å². The molecule has 0 aliphatic rings. The van der Waals surface area contributed by atoms with Crippen molar-refractivity contribution in [3.05, 3.63) is 24.0 Å². The van der Waals surface area contributed by atoms with E-state index in [0.29, 0.717) is 19.6 Å². The molecule has 0 aliphatic heterocycles. The van der Waals surface area contributed by atoms with Crippen LogP contribution in [0.1, 0.15) is 26.5 Å². The van der Waals surface area contributed by atoms with E-state index in [0.717, 1.165) is 5.69 Å². The van der Waals surface area contributed by atoms with Gasteiger partial charge in [-0.15, -0.1) is 0 Å². The van der Waals surface area contributed by atoms with Crippen LogP contribution in [0.25, 0.3) is 0 Å². The summed E-state index contributed by atoms with van der Waals surface area (Å²) in [5.74, 6) is 0.207. The Kier molecular flexibility index (Phi) is 4.09. The topological polar surface area (TPSA) is 42.1 Å². The van der Waals surface area contributed by atoms with Crippen LogP contribution in [0, 0.1) is 5.41 Å². The van der Waals surface area contributed by atoms with Gasteiger partial charge in [0.1, 0.15) is 5.78 Å². The Morgan fingerprint density at radius 2 is 2.27 bits per heavy atom. The molecule has 1 heterocycles. The molecule has 0 fully saturated rings. The van der Waals surface area contributed by atoms with E-state index in [9.17, 15) is 4.79 Å². The van der Waals surface area contributed by atoms with E-state index >= 15 is 0 Å². The quantitative estimate of drug-likeness (QED) is 0.780. The fraction of sp³-hybridized carbons (Fsp3) is 0.583. The van der Waals surface area contributed by atoms with E-state index in [-0.39, 0.29) is 5.78 Å². The molecule has 0 atom stereocenters. The molecule has 0 radical (unpaired) electrons. The van der Waals surface area contributed by atoms with Crippen molar-refractivity contribution >= 4 is 5.78 Å². The molecule has 1 aromatic rings. The van der Waals surface area contributed by atoms with Crippen LogP contribution in [0.15, 0.2) is 18.3 Å². The Morgan fingerprint density at radius 1 is 1.53 bits per heavy atom. The third kappa shape index (κ3) is 3.51. The Morgan fingerprint density at radius 3 is 2.80 bits per heavy atom. The molecule has 0 aromatic carbocycles. The summed E-state index contributed by atoms with van der Waals surface area (Å²) < 4.78 is 5.31. The van der Waals surface area contributed by atoms with Gasteiger partial charge in [0.05, 0.1) is 6.61 Å². The molecule has 3 heteroatoms. The maximum Gasteiger partial charge on any atom is 0.146 e. The number of hydrogen-bond acceptors (Lipinski definition) is 2.